The molecule has 3 aliphatic carbocycles. The molecule has 8 aromatic carbocycles. The highest BCUT2D eigenvalue weighted by atomic mass is 16.5. The Morgan fingerprint density at radius 2 is 1.66 bits per heavy atom. The number of aromatic amines is 1. The zero-order valence-electron chi connectivity index (χ0n) is 54.7. The lowest BCUT2D eigenvalue weighted by molar-refractivity contribution is 0.156. The highest BCUT2D eigenvalue weighted by Gasteiger charge is 2.57. The van der Waals surface area contributed by atoms with Gasteiger partial charge in [-0.15, -0.1) is 0 Å². The topological polar surface area (TPSA) is 214 Å². The van der Waals surface area contributed by atoms with Crippen LogP contribution >= 0.6 is 0 Å². The minimum atomic E-state index is -0.907. The summed E-state index contributed by atoms with van der Waals surface area (Å²) in [5.74, 6) is 8.69. The number of nitrogens with zero attached hydrogens (tertiary/aromatic N) is 2. The number of phenols is 1. The molecule has 17 rings (SSSR count). The number of fused-ring (bicyclic) bond motifs is 17. The summed E-state index contributed by atoms with van der Waals surface area (Å²) in [4.78, 5) is 27.4. The molecule has 14 heteroatoms. The fourth-order valence-corrected chi connectivity index (χ4v) is 17.2. The van der Waals surface area contributed by atoms with Gasteiger partial charge < -0.3 is 60.6 Å². The molecule has 10 aromatic rings. The van der Waals surface area contributed by atoms with Gasteiger partial charge >= 0.3 is 0 Å². The molecule has 0 radical (unpaired) electrons. The number of rotatable bonds is 11. The maximum Gasteiger partial charge on any atom is 0.204 e. The Morgan fingerprint density at radius 3 is 2.46 bits per heavy atom. The van der Waals surface area contributed by atoms with Crippen LogP contribution in [-0.4, -0.2) is 84.5 Å². The van der Waals surface area contributed by atoms with Crippen LogP contribution < -0.4 is 41.3 Å². The average molecular weight is 1290 g/mol. The normalized spacial score (nSPS) is 22.5. The molecule has 8 atom stereocenters. The van der Waals surface area contributed by atoms with Gasteiger partial charge in [-0.25, -0.2) is 4.99 Å². The monoisotopic (exact) mass is 1290 g/mol. The van der Waals surface area contributed by atoms with E-state index in [1.165, 1.54) is 51.5 Å². The van der Waals surface area contributed by atoms with Crippen molar-refractivity contribution in [1.29, 1.82) is 0 Å². The van der Waals surface area contributed by atoms with Crippen molar-refractivity contribution in [3.8, 4) is 57.3 Å². The van der Waals surface area contributed by atoms with Crippen molar-refractivity contribution in [3.63, 3.8) is 0 Å². The Hall–Kier alpha value is -10.0. The smallest absolute Gasteiger partial charge is 0.204 e. The number of aliphatic imine (C=N–C) groups is 1. The SMILES string of the molecule is COc1c2c(c3oc(-c4ccc(O)cc4)cc(=O)c3c1OCCC(O)C=Cc1ccccc1)C1C#CC3NCCN(c4[nH]c(C5(C)CCCC5)cc4-c4cccc(c4)C1)C3C1(CC3C=Cc4ccc5cc6ccccc6cc5c4C3C1)c1ccc(c(N=C(N)N)c1)CC(CO)CO2. The number of phenolic OH excluding ortho intramolecular Hbond substituents is 1. The number of aromatic hydroxyl groups is 1. The first-order chi connectivity index (χ1) is 47.3. The van der Waals surface area contributed by atoms with Gasteiger partial charge in [0.15, 0.2) is 28.5 Å². The van der Waals surface area contributed by atoms with Crippen molar-refractivity contribution in [2.45, 2.75) is 106 Å². The van der Waals surface area contributed by atoms with Gasteiger partial charge in [0.1, 0.15) is 22.7 Å². The molecular formula is C83H80N6O8. The molecular weight excluding hydrogens is 1210 g/mol. The summed E-state index contributed by atoms with van der Waals surface area (Å²) in [5.41, 5.74) is 23.5. The number of aliphatic hydroxyl groups excluding tert-OH is 2. The fraction of sp³-hybridized carbons (Fsp3) is 0.301. The Labute approximate surface area is 564 Å². The number of nitrogens with two attached hydrogens (primary N) is 2. The van der Waals surface area contributed by atoms with Crippen LogP contribution in [0.5, 0.6) is 23.0 Å². The van der Waals surface area contributed by atoms with Gasteiger partial charge in [0.05, 0.1) is 55.7 Å². The fourth-order valence-electron chi connectivity index (χ4n) is 17.2. The largest absolute Gasteiger partial charge is 0.508 e. The first kappa shape index (κ1) is 61.8. The molecule has 1 saturated heterocycles. The lowest BCUT2D eigenvalue weighted by atomic mass is 9.67. The number of nitrogens with one attached hydrogen (secondary N) is 2. The van der Waals surface area contributed by atoms with Gasteiger partial charge in [0, 0.05) is 65.8 Å². The Balaban J connectivity index is 0.963. The summed E-state index contributed by atoms with van der Waals surface area (Å²) in [6.07, 6.45) is 14.3. The number of methoxy groups -OCH3 is 1. The molecule has 1 spiro atoms. The summed E-state index contributed by atoms with van der Waals surface area (Å²) in [7, 11) is 1.53. The van der Waals surface area contributed by atoms with E-state index in [9.17, 15) is 15.3 Å². The maximum absolute atomic E-state index is 15.5. The van der Waals surface area contributed by atoms with Gasteiger partial charge in [0.25, 0.3) is 0 Å². The van der Waals surface area contributed by atoms with Crippen LogP contribution in [0.1, 0.15) is 108 Å². The number of aliphatic hydroxyl groups is 2. The molecule has 8 unspecified atom stereocenters. The lowest BCUT2D eigenvalue weighted by Crippen LogP contribution is -2.65. The van der Waals surface area contributed by atoms with E-state index in [2.05, 4.69) is 143 Å². The number of ether oxygens (including phenoxy) is 3. The molecule has 6 heterocycles. The van der Waals surface area contributed by atoms with Crippen molar-refractivity contribution < 1.29 is 33.9 Å². The van der Waals surface area contributed by atoms with Crippen LogP contribution in [0.3, 0.4) is 0 Å². The third kappa shape index (κ3) is 11.3. The molecule has 0 amide bonds. The van der Waals surface area contributed by atoms with Crippen LogP contribution in [0.15, 0.2) is 184 Å². The molecule has 2 saturated carbocycles. The number of aromatic nitrogens is 1. The van der Waals surface area contributed by atoms with E-state index in [0.717, 1.165) is 77.7 Å². The van der Waals surface area contributed by atoms with E-state index < -0.39 is 34.8 Å². The van der Waals surface area contributed by atoms with Gasteiger partial charge in [-0.05, 0) is 159 Å². The van der Waals surface area contributed by atoms with Crippen LogP contribution in [0.2, 0.25) is 0 Å². The molecule has 14 nitrogen and oxygen atoms in total. The van der Waals surface area contributed by atoms with Crippen molar-refractivity contribution in [2.75, 3.05) is 44.9 Å². The number of hydrogen-bond acceptors (Lipinski definition) is 11. The summed E-state index contributed by atoms with van der Waals surface area (Å²) < 4.78 is 27.9. The zero-order chi connectivity index (χ0) is 66.1. The Kier molecular flexibility index (Phi) is 16.0. The van der Waals surface area contributed by atoms with Crippen molar-refractivity contribution in [3.05, 3.63) is 225 Å². The second-order valence-corrected chi connectivity index (χ2v) is 28.0. The number of guanidine groups is 1. The third-order valence-corrected chi connectivity index (χ3v) is 21.9. The summed E-state index contributed by atoms with van der Waals surface area (Å²) in [6, 6.07) is 52.8. The molecule has 4 aliphatic heterocycles. The number of hydrogen-bond donors (Lipinski definition) is 7. The predicted octanol–water partition coefficient (Wildman–Crippen LogP) is 14.2. The first-order valence-corrected chi connectivity index (χ1v) is 34.3. The average Bonchev–Trinajstić information content (AvgIpc) is 1.61. The molecule has 7 aliphatic rings. The number of H-pyrrole nitrogens is 1. The van der Waals surface area contributed by atoms with E-state index >= 15 is 4.79 Å². The second kappa shape index (κ2) is 25.2. The van der Waals surface area contributed by atoms with Gasteiger partial charge in [0.2, 0.25) is 5.75 Å². The molecule has 9 N–H and O–H groups in total. The van der Waals surface area contributed by atoms with Crippen molar-refractivity contribution in [1.82, 2.24) is 10.3 Å². The highest BCUT2D eigenvalue weighted by Crippen LogP contribution is 2.61. The minimum absolute atomic E-state index is 0.0340. The summed E-state index contributed by atoms with van der Waals surface area (Å²) >= 11 is 0. The standard InChI is InChI=1S/C83H80N6O8/c1-82(32-8-9-33-82)71-43-65-56-16-10-13-50(37-56)38-59-25-30-67-79(89(35-34-86-67)80(65)88-71)83(45-60-21-19-53-18-20-57-40-54-14-6-7-15-55(54)41-64(57)72(53)66(60)46-83)61-26-22-58(68(42-61)87-81(84)85)39-51(47-90)48-96-76-73(59)75-74(69(93)44-70(97-75)52-23-28-62(91)29-24-52)77(78(76)94-2)95-36-31-63(92)27-17-49-11-4-3-5-12-49/h3-7,10-24,26-29,37,40-44,51,59-60,63,66-67,79,86,88,90-92H,8-9,31-36,38-39,45-48H2,1-2H3,(H4,84,85,87). The maximum atomic E-state index is 15.5. The molecule has 8 bridgehead atoms. The van der Waals surface area contributed by atoms with Gasteiger partial charge in [-0.2, -0.15) is 0 Å². The third-order valence-electron chi connectivity index (χ3n) is 21.9. The van der Waals surface area contributed by atoms with E-state index in [-0.39, 0.29) is 95.2 Å². The van der Waals surface area contributed by atoms with E-state index in [1.807, 2.05) is 36.4 Å². The predicted molar refractivity (Wildman–Crippen MR) is 386 cm³/mol. The summed E-state index contributed by atoms with van der Waals surface area (Å²) in [6.45, 7) is 3.34. The molecule has 2 aromatic heterocycles. The summed E-state index contributed by atoms with van der Waals surface area (Å²) in [5, 5.41) is 42.7. The lowest BCUT2D eigenvalue weighted by Gasteiger charge is -2.51. The number of benzene rings is 8. The first-order valence-electron chi connectivity index (χ1n) is 34.3. The highest BCUT2D eigenvalue weighted by molar-refractivity contribution is 6.01. The molecule has 490 valence electrons. The Morgan fingerprint density at radius 1 is 0.845 bits per heavy atom. The number of allylic oxidation sites excluding steroid dienone is 1. The zero-order valence-corrected chi connectivity index (χ0v) is 54.7. The van der Waals surface area contributed by atoms with Gasteiger partial charge in [-0.3, -0.25) is 4.79 Å². The van der Waals surface area contributed by atoms with Crippen molar-refractivity contribution >= 4 is 62.1 Å². The molecule has 3 fully saturated rings. The van der Waals surface area contributed by atoms with Crippen molar-refractivity contribution in [2.24, 2.45) is 28.3 Å². The van der Waals surface area contributed by atoms with Crippen LogP contribution in [-0.2, 0) is 23.7 Å². The van der Waals surface area contributed by atoms with E-state index in [4.69, 9.17) is 35.1 Å². The van der Waals surface area contributed by atoms with Crippen LogP contribution in [0, 0.1) is 23.7 Å². The molecule has 97 heavy (non-hydrogen) atoms. The second-order valence-electron chi connectivity index (χ2n) is 28.0. The number of piperazine rings is 1. The van der Waals surface area contributed by atoms with Crippen LogP contribution in [0.25, 0.3) is 67.1 Å². The Bertz CT molecular complexity index is 4930. The van der Waals surface area contributed by atoms with Gasteiger partial charge in [-0.1, -0.05) is 159 Å². The minimum Gasteiger partial charge on any atom is -0.508 e. The number of anilines is 1. The quantitative estimate of drug-likeness (QED) is 0.0279. The van der Waals surface area contributed by atoms with E-state index in [1.54, 1.807) is 30.3 Å². The van der Waals surface area contributed by atoms with E-state index in [0.29, 0.717) is 42.7 Å². The van der Waals surface area contributed by atoms with Crippen LogP contribution in [0.4, 0.5) is 11.5 Å².